The Morgan fingerprint density at radius 3 is 2.25 bits per heavy atom. The normalized spacial score (nSPS) is 10.4. The number of methoxy groups -OCH3 is 1. The van der Waals surface area contributed by atoms with Crippen molar-refractivity contribution < 1.29 is 9.53 Å². The Morgan fingerprint density at radius 2 is 1.62 bits per heavy atom. The van der Waals surface area contributed by atoms with Crippen LogP contribution in [0.15, 0.2) is 60.7 Å². The molecule has 0 saturated heterocycles. The first-order chi connectivity index (χ1) is 11.8. The number of nitrogens with zero attached hydrogens (tertiary/aromatic N) is 1. The topological polar surface area (TPSA) is 41.6 Å². The minimum Gasteiger partial charge on any atom is -0.383 e. The fourth-order valence-corrected chi connectivity index (χ4v) is 2.50. The van der Waals surface area contributed by atoms with Crippen LogP contribution in [0.5, 0.6) is 0 Å². The summed E-state index contributed by atoms with van der Waals surface area (Å²) >= 11 is 0. The lowest BCUT2D eigenvalue weighted by atomic mass is 10.1. The van der Waals surface area contributed by atoms with Crippen LogP contribution in [0.2, 0.25) is 0 Å². The minimum absolute atomic E-state index is 0.0380. The van der Waals surface area contributed by atoms with E-state index in [0.29, 0.717) is 26.2 Å². The second kappa shape index (κ2) is 10.4. The molecular formula is C20H26N2O2. The molecule has 4 heteroatoms. The summed E-state index contributed by atoms with van der Waals surface area (Å²) in [6.07, 6.45) is 1.90. The fourth-order valence-electron chi connectivity index (χ4n) is 2.50. The number of hydrogen-bond acceptors (Lipinski definition) is 2. The van der Waals surface area contributed by atoms with Gasteiger partial charge in [0.15, 0.2) is 0 Å². The first-order valence-electron chi connectivity index (χ1n) is 8.39. The average molecular weight is 326 g/mol. The lowest BCUT2D eigenvalue weighted by Crippen LogP contribution is -2.41. The molecule has 0 radical (unpaired) electrons. The van der Waals surface area contributed by atoms with E-state index in [1.54, 1.807) is 12.0 Å². The Morgan fingerprint density at radius 1 is 1.00 bits per heavy atom. The lowest BCUT2D eigenvalue weighted by Gasteiger charge is -2.23. The molecule has 2 aromatic carbocycles. The van der Waals surface area contributed by atoms with E-state index in [0.717, 1.165) is 18.4 Å². The van der Waals surface area contributed by atoms with Crippen molar-refractivity contribution in [3.8, 4) is 0 Å². The highest BCUT2D eigenvalue weighted by molar-refractivity contribution is 5.74. The quantitative estimate of drug-likeness (QED) is 0.717. The second-order valence-electron chi connectivity index (χ2n) is 5.72. The van der Waals surface area contributed by atoms with Gasteiger partial charge in [-0.2, -0.15) is 0 Å². The number of carbonyl (C=O) groups is 1. The smallest absolute Gasteiger partial charge is 0.317 e. The van der Waals surface area contributed by atoms with E-state index in [4.69, 9.17) is 4.74 Å². The number of benzene rings is 2. The molecule has 0 aliphatic carbocycles. The molecular weight excluding hydrogens is 300 g/mol. The van der Waals surface area contributed by atoms with Crippen LogP contribution in [0.1, 0.15) is 17.5 Å². The summed E-state index contributed by atoms with van der Waals surface area (Å²) in [6, 6.07) is 20.3. The molecule has 0 unspecified atom stereocenters. The summed E-state index contributed by atoms with van der Waals surface area (Å²) in [5.74, 6) is 0. The van der Waals surface area contributed by atoms with Gasteiger partial charge in [0.05, 0.1) is 6.61 Å². The molecule has 4 nitrogen and oxygen atoms in total. The summed E-state index contributed by atoms with van der Waals surface area (Å²) in [7, 11) is 1.65. The number of rotatable bonds is 9. The van der Waals surface area contributed by atoms with Gasteiger partial charge in [0.1, 0.15) is 0 Å². The monoisotopic (exact) mass is 326 g/mol. The zero-order valence-electron chi connectivity index (χ0n) is 14.3. The molecule has 2 amide bonds. The van der Waals surface area contributed by atoms with Crippen molar-refractivity contribution in [1.82, 2.24) is 10.2 Å². The zero-order chi connectivity index (χ0) is 17.0. The largest absolute Gasteiger partial charge is 0.383 e. The third kappa shape index (κ3) is 6.42. The van der Waals surface area contributed by atoms with Crippen LogP contribution in [0, 0.1) is 0 Å². The van der Waals surface area contributed by atoms with Gasteiger partial charge in [0, 0.05) is 26.7 Å². The average Bonchev–Trinajstić information content (AvgIpc) is 2.64. The Balaban J connectivity index is 1.78. The number of carbonyl (C=O) groups excluding carboxylic acids is 1. The summed E-state index contributed by atoms with van der Waals surface area (Å²) in [5, 5.41) is 3.01. The van der Waals surface area contributed by atoms with E-state index in [1.807, 2.05) is 48.5 Å². The van der Waals surface area contributed by atoms with Crippen molar-refractivity contribution in [2.45, 2.75) is 19.4 Å². The minimum atomic E-state index is -0.0380. The van der Waals surface area contributed by atoms with Crippen LogP contribution >= 0.6 is 0 Å². The molecule has 0 atom stereocenters. The van der Waals surface area contributed by atoms with Crippen LogP contribution in [0.4, 0.5) is 4.79 Å². The molecule has 0 aliphatic heterocycles. The molecule has 2 aromatic rings. The van der Waals surface area contributed by atoms with E-state index in [-0.39, 0.29) is 6.03 Å². The highest BCUT2D eigenvalue weighted by Gasteiger charge is 2.13. The van der Waals surface area contributed by atoms with Gasteiger partial charge in [-0.15, -0.1) is 0 Å². The Kier molecular flexibility index (Phi) is 7.84. The maximum Gasteiger partial charge on any atom is 0.317 e. The molecule has 0 saturated carbocycles. The molecule has 1 N–H and O–H groups in total. The van der Waals surface area contributed by atoms with Crippen molar-refractivity contribution in [2.75, 3.05) is 26.8 Å². The molecule has 0 aliphatic rings. The van der Waals surface area contributed by atoms with Crippen LogP contribution in [-0.4, -0.2) is 37.7 Å². The fraction of sp³-hybridized carbons (Fsp3) is 0.350. The van der Waals surface area contributed by atoms with Crippen molar-refractivity contribution >= 4 is 6.03 Å². The summed E-state index contributed by atoms with van der Waals surface area (Å²) in [6.45, 7) is 2.38. The lowest BCUT2D eigenvalue weighted by molar-refractivity contribution is 0.146. The highest BCUT2D eigenvalue weighted by Crippen LogP contribution is 2.05. The van der Waals surface area contributed by atoms with Gasteiger partial charge in [-0.1, -0.05) is 60.7 Å². The number of hydrogen-bond donors (Lipinski definition) is 1. The number of amides is 2. The molecule has 0 heterocycles. The van der Waals surface area contributed by atoms with Crippen LogP contribution < -0.4 is 5.32 Å². The zero-order valence-corrected chi connectivity index (χ0v) is 14.3. The summed E-state index contributed by atoms with van der Waals surface area (Å²) < 4.78 is 5.12. The predicted molar refractivity (Wildman–Crippen MR) is 96.9 cm³/mol. The van der Waals surface area contributed by atoms with Gasteiger partial charge in [-0.25, -0.2) is 4.79 Å². The van der Waals surface area contributed by atoms with Crippen molar-refractivity contribution in [3.05, 3.63) is 71.8 Å². The van der Waals surface area contributed by atoms with Gasteiger partial charge < -0.3 is 15.0 Å². The number of ether oxygens (including phenoxy) is 1. The molecule has 128 valence electrons. The number of aryl methyl sites for hydroxylation is 1. The van der Waals surface area contributed by atoms with E-state index in [9.17, 15) is 4.79 Å². The molecule has 0 aromatic heterocycles. The van der Waals surface area contributed by atoms with Crippen molar-refractivity contribution in [2.24, 2.45) is 0 Å². The summed E-state index contributed by atoms with van der Waals surface area (Å²) in [4.78, 5) is 14.2. The van der Waals surface area contributed by atoms with E-state index >= 15 is 0 Å². The van der Waals surface area contributed by atoms with E-state index < -0.39 is 0 Å². The number of nitrogens with one attached hydrogen (secondary N) is 1. The van der Waals surface area contributed by atoms with Crippen LogP contribution in [-0.2, 0) is 17.7 Å². The molecule has 0 fully saturated rings. The van der Waals surface area contributed by atoms with Gasteiger partial charge in [-0.05, 0) is 24.0 Å². The second-order valence-corrected chi connectivity index (χ2v) is 5.72. The Labute approximate surface area is 144 Å². The Bertz CT molecular complexity index is 587. The molecule has 0 spiro atoms. The van der Waals surface area contributed by atoms with E-state index in [1.165, 1.54) is 5.56 Å². The SMILES string of the molecule is COCCN(Cc1ccccc1)C(=O)NCCCc1ccccc1. The van der Waals surface area contributed by atoms with Crippen molar-refractivity contribution in [3.63, 3.8) is 0 Å². The maximum atomic E-state index is 12.4. The maximum absolute atomic E-state index is 12.4. The third-order valence-electron chi connectivity index (χ3n) is 3.83. The van der Waals surface area contributed by atoms with Crippen LogP contribution in [0.25, 0.3) is 0 Å². The van der Waals surface area contributed by atoms with Gasteiger partial charge in [-0.3, -0.25) is 0 Å². The summed E-state index contributed by atoms with van der Waals surface area (Å²) in [5.41, 5.74) is 2.42. The standard InChI is InChI=1S/C20H26N2O2/c1-24-16-15-22(17-19-11-6-3-7-12-19)20(23)21-14-8-13-18-9-4-2-5-10-18/h2-7,9-12H,8,13-17H2,1H3,(H,21,23). The van der Waals surface area contributed by atoms with Gasteiger partial charge >= 0.3 is 6.03 Å². The van der Waals surface area contributed by atoms with Gasteiger partial charge in [0.25, 0.3) is 0 Å². The number of urea groups is 1. The molecule has 2 rings (SSSR count). The molecule has 24 heavy (non-hydrogen) atoms. The first-order valence-corrected chi connectivity index (χ1v) is 8.39. The van der Waals surface area contributed by atoms with Gasteiger partial charge in [0.2, 0.25) is 0 Å². The first kappa shape index (κ1) is 18.0. The Hall–Kier alpha value is -2.33. The predicted octanol–water partition coefficient (Wildman–Crippen LogP) is 3.48. The van der Waals surface area contributed by atoms with E-state index in [2.05, 4.69) is 17.4 Å². The molecule has 0 bridgehead atoms. The van der Waals surface area contributed by atoms with Crippen LogP contribution in [0.3, 0.4) is 0 Å². The highest BCUT2D eigenvalue weighted by atomic mass is 16.5. The third-order valence-corrected chi connectivity index (χ3v) is 3.83. The van der Waals surface area contributed by atoms with Crippen molar-refractivity contribution in [1.29, 1.82) is 0 Å².